The van der Waals surface area contributed by atoms with Crippen molar-refractivity contribution >= 4 is 33.5 Å². The van der Waals surface area contributed by atoms with Gasteiger partial charge in [-0.3, -0.25) is 19.2 Å². The number of fused-ring (bicyclic) bond motifs is 3. The van der Waals surface area contributed by atoms with Gasteiger partial charge in [0.1, 0.15) is 5.82 Å². The summed E-state index contributed by atoms with van der Waals surface area (Å²) < 4.78 is 13.0. The molecule has 0 radical (unpaired) electrons. The molecular formula is C32H39N7O4. The third-order valence-electron chi connectivity index (χ3n) is 9.26. The van der Waals surface area contributed by atoms with Crippen LogP contribution in [0.2, 0.25) is 0 Å². The number of amides is 1. The van der Waals surface area contributed by atoms with E-state index < -0.39 is 0 Å². The molecule has 6 heterocycles. The average Bonchev–Trinajstić information content (AvgIpc) is 3.49. The molecule has 1 atom stereocenters. The van der Waals surface area contributed by atoms with Crippen molar-refractivity contribution < 1.29 is 14.3 Å². The molecule has 0 unspecified atom stereocenters. The third-order valence-corrected chi connectivity index (χ3v) is 9.26. The number of morpholine rings is 1. The van der Waals surface area contributed by atoms with E-state index in [0.717, 1.165) is 80.0 Å². The summed E-state index contributed by atoms with van der Waals surface area (Å²) in [5.41, 5.74) is 4.07. The molecule has 0 aliphatic carbocycles. The number of anilines is 1. The number of aromatic nitrogens is 4. The summed E-state index contributed by atoms with van der Waals surface area (Å²) in [6.45, 7) is 11.6. The van der Waals surface area contributed by atoms with Crippen molar-refractivity contribution in [1.82, 2.24) is 29.5 Å². The SMILES string of the molecule is Cc1cc2[nH]c(=O)c3cnn(C4CCOCC4)c3c2cc1C(=O)N1CCN(Cc2ccc(N3CCOCC3)nc2)[C@@H](C)C1. The van der Waals surface area contributed by atoms with Gasteiger partial charge in [0.2, 0.25) is 0 Å². The van der Waals surface area contributed by atoms with Crippen LogP contribution in [0.5, 0.6) is 0 Å². The second kappa shape index (κ2) is 11.7. The van der Waals surface area contributed by atoms with Crippen LogP contribution in [0.25, 0.3) is 21.8 Å². The fourth-order valence-electron chi connectivity index (χ4n) is 6.74. The van der Waals surface area contributed by atoms with Crippen molar-refractivity contribution in [3.05, 3.63) is 63.7 Å². The maximum atomic E-state index is 14.0. The maximum Gasteiger partial charge on any atom is 0.259 e. The molecule has 4 aromatic rings. The Morgan fingerprint density at radius 2 is 1.79 bits per heavy atom. The minimum atomic E-state index is -0.157. The van der Waals surface area contributed by atoms with Crippen molar-refractivity contribution in [3.63, 3.8) is 0 Å². The lowest BCUT2D eigenvalue weighted by molar-refractivity contribution is 0.0494. The molecular weight excluding hydrogens is 546 g/mol. The highest BCUT2D eigenvalue weighted by Gasteiger charge is 2.29. The zero-order valence-electron chi connectivity index (χ0n) is 24.9. The third kappa shape index (κ3) is 5.41. The van der Waals surface area contributed by atoms with E-state index >= 15 is 0 Å². The van der Waals surface area contributed by atoms with E-state index in [1.165, 1.54) is 5.56 Å². The number of aromatic amines is 1. The fourth-order valence-corrected chi connectivity index (χ4v) is 6.74. The number of H-pyrrole nitrogens is 1. The second-order valence-electron chi connectivity index (χ2n) is 12.1. The summed E-state index contributed by atoms with van der Waals surface area (Å²) in [4.78, 5) is 41.3. The highest BCUT2D eigenvalue weighted by Crippen LogP contribution is 2.30. The number of piperazine rings is 1. The van der Waals surface area contributed by atoms with Gasteiger partial charge in [0, 0.05) is 75.7 Å². The number of ether oxygens (including phenoxy) is 2. The van der Waals surface area contributed by atoms with Crippen molar-refractivity contribution in [1.29, 1.82) is 0 Å². The van der Waals surface area contributed by atoms with Crippen LogP contribution in [0, 0.1) is 6.92 Å². The quantitative estimate of drug-likeness (QED) is 0.381. The summed E-state index contributed by atoms with van der Waals surface area (Å²) in [5, 5.41) is 6.03. The monoisotopic (exact) mass is 585 g/mol. The van der Waals surface area contributed by atoms with Crippen LogP contribution in [0.1, 0.15) is 47.3 Å². The molecule has 1 amide bonds. The number of nitrogens with zero attached hydrogens (tertiary/aromatic N) is 6. The minimum Gasteiger partial charge on any atom is -0.381 e. The highest BCUT2D eigenvalue weighted by molar-refractivity contribution is 6.07. The first kappa shape index (κ1) is 28.0. The molecule has 11 nitrogen and oxygen atoms in total. The lowest BCUT2D eigenvalue weighted by Crippen LogP contribution is -2.53. The number of pyridine rings is 2. The minimum absolute atomic E-state index is 0.0268. The van der Waals surface area contributed by atoms with Crippen LogP contribution >= 0.6 is 0 Å². The number of rotatable bonds is 5. The van der Waals surface area contributed by atoms with E-state index in [9.17, 15) is 9.59 Å². The maximum absolute atomic E-state index is 14.0. The van der Waals surface area contributed by atoms with Gasteiger partial charge in [-0.2, -0.15) is 5.10 Å². The van der Waals surface area contributed by atoms with E-state index in [-0.39, 0.29) is 23.6 Å². The Kier molecular flexibility index (Phi) is 7.62. The van der Waals surface area contributed by atoms with E-state index in [0.29, 0.717) is 37.3 Å². The summed E-state index contributed by atoms with van der Waals surface area (Å²) in [6.07, 6.45) is 5.32. The molecule has 3 aromatic heterocycles. The molecule has 0 saturated carbocycles. The van der Waals surface area contributed by atoms with Crippen LogP contribution < -0.4 is 10.5 Å². The van der Waals surface area contributed by atoms with Crippen LogP contribution in [0.3, 0.4) is 0 Å². The van der Waals surface area contributed by atoms with Crippen molar-refractivity contribution in [2.24, 2.45) is 0 Å². The number of carbonyl (C=O) groups excluding carboxylic acids is 1. The van der Waals surface area contributed by atoms with Crippen LogP contribution in [0.15, 0.2) is 41.5 Å². The van der Waals surface area contributed by atoms with E-state index in [4.69, 9.17) is 14.5 Å². The Labute approximate surface area is 250 Å². The molecule has 1 aromatic carbocycles. The molecule has 1 N–H and O–H groups in total. The average molecular weight is 586 g/mol. The largest absolute Gasteiger partial charge is 0.381 e. The molecule has 226 valence electrons. The van der Waals surface area contributed by atoms with E-state index in [1.54, 1.807) is 6.20 Å². The Morgan fingerprint density at radius 3 is 2.53 bits per heavy atom. The van der Waals surface area contributed by atoms with Gasteiger partial charge in [-0.1, -0.05) is 6.07 Å². The van der Waals surface area contributed by atoms with Gasteiger partial charge >= 0.3 is 0 Å². The lowest BCUT2D eigenvalue weighted by atomic mass is 10.0. The summed E-state index contributed by atoms with van der Waals surface area (Å²) in [5.74, 6) is 1.03. The summed E-state index contributed by atoms with van der Waals surface area (Å²) in [7, 11) is 0. The predicted octanol–water partition coefficient (Wildman–Crippen LogP) is 3.12. The number of benzene rings is 1. The van der Waals surface area contributed by atoms with Crippen molar-refractivity contribution in [3.8, 4) is 0 Å². The number of nitrogens with one attached hydrogen (secondary N) is 1. The summed E-state index contributed by atoms with van der Waals surface area (Å²) in [6, 6.07) is 8.52. The van der Waals surface area contributed by atoms with Crippen molar-refractivity contribution in [2.75, 3.05) is 64.1 Å². The lowest BCUT2D eigenvalue weighted by Gasteiger charge is -2.40. The highest BCUT2D eigenvalue weighted by atomic mass is 16.5. The Bertz CT molecular complexity index is 1690. The first-order valence-electron chi connectivity index (χ1n) is 15.4. The van der Waals surface area contributed by atoms with E-state index in [2.05, 4.69) is 38.9 Å². The molecule has 7 rings (SSSR count). The van der Waals surface area contributed by atoms with Gasteiger partial charge in [0.25, 0.3) is 11.5 Å². The molecule has 43 heavy (non-hydrogen) atoms. The zero-order valence-corrected chi connectivity index (χ0v) is 24.9. The molecule has 11 heteroatoms. The molecule has 3 aliphatic rings. The standard InChI is InChI=1S/C32H39N7O4/c1-21-15-28-26(30-27(31(40)35-28)18-34-39(30)24-5-11-42-12-6-24)16-25(21)32(41)38-8-7-37(22(2)19-38)20-23-3-4-29(33-17-23)36-9-13-43-14-10-36/h3-4,15-18,22,24H,5-14,19-20H2,1-2H3,(H,35,40)/t22-/m0/s1. The fraction of sp³-hybridized carbons (Fsp3) is 0.500. The van der Waals surface area contributed by atoms with Gasteiger partial charge < -0.3 is 24.3 Å². The summed E-state index contributed by atoms with van der Waals surface area (Å²) >= 11 is 0. The van der Waals surface area contributed by atoms with Crippen LogP contribution in [-0.2, 0) is 16.0 Å². The first-order chi connectivity index (χ1) is 21.0. The topological polar surface area (TPSA) is 109 Å². The smallest absolute Gasteiger partial charge is 0.259 e. The Morgan fingerprint density at radius 1 is 1.00 bits per heavy atom. The molecule has 3 aliphatic heterocycles. The van der Waals surface area contributed by atoms with Gasteiger partial charge in [0.15, 0.2) is 0 Å². The second-order valence-corrected chi connectivity index (χ2v) is 12.1. The van der Waals surface area contributed by atoms with Crippen LogP contribution in [-0.4, -0.2) is 101 Å². The number of aryl methyl sites for hydroxylation is 1. The molecule has 3 saturated heterocycles. The van der Waals surface area contributed by atoms with Crippen molar-refractivity contribution in [2.45, 2.75) is 45.3 Å². The van der Waals surface area contributed by atoms with E-state index in [1.807, 2.05) is 34.8 Å². The Balaban J connectivity index is 1.09. The van der Waals surface area contributed by atoms with Gasteiger partial charge in [-0.15, -0.1) is 0 Å². The van der Waals surface area contributed by atoms with Gasteiger partial charge in [0.05, 0.1) is 41.9 Å². The first-order valence-corrected chi connectivity index (χ1v) is 15.4. The zero-order chi connectivity index (χ0) is 29.5. The number of hydrogen-bond acceptors (Lipinski definition) is 8. The molecule has 0 bridgehead atoms. The van der Waals surface area contributed by atoms with Gasteiger partial charge in [-0.25, -0.2) is 4.98 Å². The predicted molar refractivity (Wildman–Crippen MR) is 165 cm³/mol. The number of hydrogen-bond donors (Lipinski definition) is 1. The molecule has 3 fully saturated rings. The van der Waals surface area contributed by atoms with Gasteiger partial charge in [-0.05, 0) is 56.0 Å². The Hall–Kier alpha value is -3.80. The number of carbonyl (C=O) groups is 1. The van der Waals surface area contributed by atoms with Crippen LogP contribution in [0.4, 0.5) is 5.82 Å². The normalized spacial score (nSPS) is 20.7. The molecule has 0 spiro atoms.